The molecule has 0 radical (unpaired) electrons. The van der Waals surface area contributed by atoms with Crippen molar-refractivity contribution in [3.63, 3.8) is 0 Å². The van der Waals surface area contributed by atoms with Crippen molar-refractivity contribution in [2.24, 2.45) is 0 Å². The average Bonchev–Trinajstić information content (AvgIpc) is 2.96. The summed E-state index contributed by atoms with van der Waals surface area (Å²) in [6.07, 6.45) is -5.56. The number of carbonyl (C=O) groups excluding carboxylic acids is 2. The molecule has 1 saturated heterocycles. The van der Waals surface area contributed by atoms with Crippen molar-refractivity contribution in [3.8, 4) is 5.75 Å². The van der Waals surface area contributed by atoms with E-state index in [-0.39, 0.29) is 18.7 Å². The molecule has 2 atom stereocenters. The number of rotatable bonds is 3. The molecule has 27 heavy (non-hydrogen) atoms. The van der Waals surface area contributed by atoms with Gasteiger partial charge in [-0.3, -0.25) is 4.90 Å². The van der Waals surface area contributed by atoms with Crippen molar-refractivity contribution < 1.29 is 37.0 Å². The third-order valence-corrected chi connectivity index (χ3v) is 3.85. The quantitative estimate of drug-likeness (QED) is 0.739. The summed E-state index contributed by atoms with van der Waals surface area (Å²) < 4.78 is 53.6. The Morgan fingerprint density at radius 3 is 2.19 bits per heavy atom. The second-order valence-corrected chi connectivity index (χ2v) is 7.17. The minimum atomic E-state index is -4.44. The fourth-order valence-corrected chi connectivity index (χ4v) is 2.68. The van der Waals surface area contributed by atoms with Gasteiger partial charge in [0.15, 0.2) is 0 Å². The number of methoxy groups -OCH3 is 1. The van der Waals surface area contributed by atoms with Crippen molar-refractivity contribution in [1.82, 2.24) is 4.90 Å². The van der Waals surface area contributed by atoms with Gasteiger partial charge in [0.2, 0.25) is 0 Å². The van der Waals surface area contributed by atoms with Crippen LogP contribution in [0, 0.1) is 0 Å². The number of halogens is 3. The summed E-state index contributed by atoms with van der Waals surface area (Å²) >= 11 is 0. The van der Waals surface area contributed by atoms with Gasteiger partial charge in [0.25, 0.3) is 0 Å². The van der Waals surface area contributed by atoms with Crippen molar-refractivity contribution in [3.05, 3.63) is 29.8 Å². The van der Waals surface area contributed by atoms with Crippen LogP contribution in [0.1, 0.15) is 32.8 Å². The lowest BCUT2D eigenvalue weighted by Gasteiger charge is -2.27. The third kappa shape index (κ3) is 5.51. The molecular weight excluding hydrogens is 367 g/mol. The Labute approximate surface area is 155 Å². The predicted octanol–water partition coefficient (Wildman–Crippen LogP) is 3.64. The summed E-state index contributed by atoms with van der Waals surface area (Å²) in [5, 5.41) is 0. The molecule has 0 spiro atoms. The second kappa shape index (κ2) is 7.66. The second-order valence-electron chi connectivity index (χ2n) is 7.17. The maximum atomic E-state index is 12.6. The van der Waals surface area contributed by atoms with E-state index in [2.05, 4.69) is 0 Å². The number of nitrogens with zero attached hydrogens (tertiary/aromatic N) is 1. The van der Waals surface area contributed by atoms with E-state index in [0.717, 1.165) is 12.1 Å². The molecule has 9 heteroatoms. The van der Waals surface area contributed by atoms with Gasteiger partial charge in [-0.15, -0.1) is 0 Å². The van der Waals surface area contributed by atoms with Crippen molar-refractivity contribution in [2.45, 2.75) is 51.1 Å². The van der Waals surface area contributed by atoms with Crippen LogP contribution < -0.4 is 4.74 Å². The number of hydrogen-bond acceptors (Lipinski definition) is 5. The predicted molar refractivity (Wildman–Crippen MR) is 89.2 cm³/mol. The van der Waals surface area contributed by atoms with Gasteiger partial charge in [0, 0.05) is 6.42 Å². The molecule has 2 rings (SSSR count). The number of alkyl halides is 3. The first-order valence-electron chi connectivity index (χ1n) is 8.32. The summed E-state index contributed by atoms with van der Waals surface area (Å²) in [6, 6.07) is 3.34. The van der Waals surface area contributed by atoms with Crippen LogP contribution in [0.15, 0.2) is 24.3 Å². The molecular formula is C18H22F3NO5. The number of benzene rings is 1. The number of hydrogen-bond donors (Lipinski definition) is 0. The Bertz CT molecular complexity index is 682. The van der Waals surface area contributed by atoms with Crippen molar-refractivity contribution in [2.75, 3.05) is 13.7 Å². The zero-order valence-electron chi connectivity index (χ0n) is 15.5. The van der Waals surface area contributed by atoms with Crippen LogP contribution in [-0.2, 0) is 20.4 Å². The molecule has 1 aliphatic heterocycles. The van der Waals surface area contributed by atoms with Crippen molar-refractivity contribution >= 4 is 12.1 Å². The Hall–Kier alpha value is -2.45. The van der Waals surface area contributed by atoms with Crippen molar-refractivity contribution in [1.29, 1.82) is 0 Å². The SMILES string of the molecule is COC(=O)[C@@H]1C[C@H](Oc2ccc(C(F)(F)F)cc2)CN1C(=O)OC(C)(C)C. The molecule has 0 N–H and O–H groups in total. The molecule has 1 heterocycles. The summed E-state index contributed by atoms with van der Waals surface area (Å²) in [5.41, 5.74) is -1.53. The van der Waals surface area contributed by atoms with E-state index in [1.165, 1.54) is 24.1 Å². The summed E-state index contributed by atoms with van der Waals surface area (Å²) in [7, 11) is 1.21. The van der Waals surface area contributed by atoms with Gasteiger partial charge in [-0.05, 0) is 45.0 Å². The Kier molecular flexibility index (Phi) is 5.91. The van der Waals surface area contributed by atoms with Gasteiger partial charge < -0.3 is 14.2 Å². The number of amides is 1. The van der Waals surface area contributed by atoms with Gasteiger partial charge in [0.05, 0.1) is 19.2 Å². The van der Waals surface area contributed by atoms with E-state index in [0.29, 0.717) is 0 Å². The topological polar surface area (TPSA) is 65.1 Å². The van der Waals surface area contributed by atoms with Crippen LogP contribution in [0.3, 0.4) is 0 Å². The zero-order chi connectivity index (χ0) is 20.4. The van der Waals surface area contributed by atoms with Gasteiger partial charge >= 0.3 is 18.2 Å². The third-order valence-electron chi connectivity index (χ3n) is 3.85. The first-order chi connectivity index (χ1) is 12.4. The maximum absolute atomic E-state index is 12.6. The molecule has 1 amide bonds. The normalized spacial score (nSPS) is 20.3. The van der Waals surface area contributed by atoms with E-state index in [9.17, 15) is 22.8 Å². The molecule has 0 saturated carbocycles. The van der Waals surface area contributed by atoms with E-state index in [1.54, 1.807) is 20.8 Å². The Morgan fingerprint density at radius 1 is 1.11 bits per heavy atom. The van der Waals surface area contributed by atoms with Gasteiger partial charge in [-0.2, -0.15) is 13.2 Å². The fraction of sp³-hybridized carbons (Fsp3) is 0.556. The standard InChI is InChI=1S/C18H22F3NO5/c1-17(2,3)27-16(24)22-10-13(9-14(22)15(23)25-4)26-12-7-5-11(6-8-12)18(19,20)21/h5-8,13-14H,9-10H2,1-4H3/t13-,14-/m0/s1. The molecule has 0 unspecified atom stereocenters. The molecule has 1 aromatic rings. The number of ether oxygens (including phenoxy) is 3. The molecule has 0 aromatic heterocycles. The molecule has 1 fully saturated rings. The summed E-state index contributed by atoms with van der Waals surface area (Å²) in [4.78, 5) is 25.6. The molecule has 150 valence electrons. The van der Waals surface area contributed by atoms with E-state index in [1.807, 2.05) is 0 Å². The zero-order valence-corrected chi connectivity index (χ0v) is 15.5. The Morgan fingerprint density at radius 2 is 1.70 bits per heavy atom. The monoisotopic (exact) mass is 389 g/mol. The van der Waals surface area contributed by atoms with Crippen LogP contribution >= 0.6 is 0 Å². The van der Waals surface area contributed by atoms with Gasteiger partial charge in [0.1, 0.15) is 23.5 Å². The molecule has 1 aromatic carbocycles. The minimum Gasteiger partial charge on any atom is -0.488 e. The first kappa shape index (κ1) is 20.9. The lowest BCUT2D eigenvalue weighted by molar-refractivity contribution is -0.145. The number of likely N-dealkylation sites (tertiary alicyclic amines) is 1. The highest BCUT2D eigenvalue weighted by molar-refractivity contribution is 5.82. The fourth-order valence-electron chi connectivity index (χ4n) is 2.68. The lowest BCUT2D eigenvalue weighted by Crippen LogP contribution is -2.44. The highest BCUT2D eigenvalue weighted by atomic mass is 19.4. The highest BCUT2D eigenvalue weighted by Crippen LogP contribution is 2.31. The highest BCUT2D eigenvalue weighted by Gasteiger charge is 2.43. The van der Waals surface area contributed by atoms with E-state index < -0.39 is 41.5 Å². The molecule has 0 aliphatic carbocycles. The number of carbonyl (C=O) groups is 2. The van der Waals surface area contributed by atoms with Crippen LogP contribution in [-0.4, -0.2) is 48.4 Å². The van der Waals surface area contributed by atoms with Crippen LogP contribution in [0.5, 0.6) is 5.75 Å². The number of esters is 1. The molecule has 1 aliphatic rings. The van der Waals surface area contributed by atoms with Gasteiger partial charge in [-0.25, -0.2) is 9.59 Å². The minimum absolute atomic E-state index is 0.0513. The van der Waals surface area contributed by atoms with Crippen LogP contribution in [0.2, 0.25) is 0 Å². The molecule has 0 bridgehead atoms. The van der Waals surface area contributed by atoms with E-state index >= 15 is 0 Å². The largest absolute Gasteiger partial charge is 0.488 e. The van der Waals surface area contributed by atoms with Crippen LogP contribution in [0.4, 0.5) is 18.0 Å². The Balaban J connectivity index is 2.10. The van der Waals surface area contributed by atoms with Crippen LogP contribution in [0.25, 0.3) is 0 Å². The van der Waals surface area contributed by atoms with Gasteiger partial charge in [-0.1, -0.05) is 0 Å². The summed E-state index contributed by atoms with van der Waals surface area (Å²) in [6.45, 7) is 5.15. The smallest absolute Gasteiger partial charge is 0.416 e. The first-order valence-corrected chi connectivity index (χ1v) is 8.32. The summed E-state index contributed by atoms with van der Waals surface area (Å²) in [5.74, 6) is -0.401. The lowest BCUT2D eigenvalue weighted by atomic mass is 10.2. The maximum Gasteiger partial charge on any atom is 0.416 e. The van der Waals surface area contributed by atoms with E-state index in [4.69, 9.17) is 14.2 Å². The molecule has 6 nitrogen and oxygen atoms in total. The average molecular weight is 389 g/mol.